The number of Topliss-reactive ketones (excluding diaryl/α,β-unsaturated/α-hetero) is 1. The molecule has 3 aromatic rings. The van der Waals surface area contributed by atoms with Crippen LogP contribution in [0.15, 0.2) is 48.5 Å². The first-order valence-electron chi connectivity index (χ1n) is 9.67. The molecule has 7 heteroatoms. The van der Waals surface area contributed by atoms with Crippen molar-refractivity contribution in [2.24, 2.45) is 0 Å². The van der Waals surface area contributed by atoms with Crippen molar-refractivity contribution in [1.29, 1.82) is 0 Å². The molecule has 1 aliphatic heterocycles. The number of rotatable bonds is 6. The molecule has 0 atom stereocenters. The number of amides is 1. The number of benzene rings is 2. The summed E-state index contributed by atoms with van der Waals surface area (Å²) in [6, 6.07) is 13.5. The van der Waals surface area contributed by atoms with Crippen molar-refractivity contribution in [1.82, 2.24) is 9.88 Å². The van der Waals surface area contributed by atoms with Gasteiger partial charge in [-0.05, 0) is 18.2 Å². The van der Waals surface area contributed by atoms with E-state index in [1.165, 1.54) is 23.5 Å². The average molecular weight is 412 g/mol. The van der Waals surface area contributed by atoms with Crippen LogP contribution in [0.3, 0.4) is 0 Å². The standard InChI is InChI=1S/C22H21FN2O3S/c23-16-6-7-18-20(14-16)29-22(24-18)28-17-10-12-25(13-11-17)21(27)9-8-19(26)15-4-2-1-3-5-15/h1-7,14,17H,8-13H2. The Hall–Kier alpha value is -2.80. The van der Waals surface area contributed by atoms with E-state index in [0.717, 1.165) is 10.2 Å². The largest absolute Gasteiger partial charge is 0.467 e. The molecule has 4 rings (SSSR count). The molecule has 150 valence electrons. The third-order valence-corrected chi connectivity index (χ3v) is 5.96. The normalized spacial score (nSPS) is 14.9. The molecule has 0 N–H and O–H groups in total. The second-order valence-corrected chi connectivity index (χ2v) is 8.07. The second-order valence-electron chi connectivity index (χ2n) is 7.08. The van der Waals surface area contributed by atoms with Crippen molar-refractivity contribution < 1.29 is 18.7 Å². The van der Waals surface area contributed by atoms with Crippen LogP contribution >= 0.6 is 11.3 Å². The van der Waals surface area contributed by atoms with Gasteiger partial charge in [0.25, 0.3) is 5.19 Å². The van der Waals surface area contributed by atoms with E-state index in [4.69, 9.17) is 4.74 Å². The zero-order valence-electron chi connectivity index (χ0n) is 15.8. The fraction of sp³-hybridized carbons (Fsp3) is 0.318. The van der Waals surface area contributed by atoms with Crippen LogP contribution in [0.25, 0.3) is 10.2 Å². The number of likely N-dealkylation sites (tertiary alicyclic amines) is 1. The van der Waals surface area contributed by atoms with E-state index in [2.05, 4.69) is 4.98 Å². The zero-order chi connectivity index (χ0) is 20.2. The van der Waals surface area contributed by atoms with Crippen LogP contribution in [0, 0.1) is 5.82 Å². The van der Waals surface area contributed by atoms with E-state index in [9.17, 15) is 14.0 Å². The van der Waals surface area contributed by atoms with E-state index >= 15 is 0 Å². The number of aromatic nitrogens is 1. The lowest BCUT2D eigenvalue weighted by atomic mass is 10.0. The van der Waals surface area contributed by atoms with Crippen LogP contribution in [0.1, 0.15) is 36.0 Å². The Kier molecular flexibility index (Phi) is 5.85. The number of piperidine rings is 1. The molecule has 2 heterocycles. The lowest BCUT2D eigenvalue weighted by Gasteiger charge is -2.31. The van der Waals surface area contributed by atoms with Crippen molar-refractivity contribution in [3.8, 4) is 5.19 Å². The van der Waals surface area contributed by atoms with Gasteiger partial charge < -0.3 is 9.64 Å². The van der Waals surface area contributed by atoms with Crippen molar-refractivity contribution >= 4 is 33.2 Å². The Morgan fingerprint density at radius 1 is 1.10 bits per heavy atom. The Morgan fingerprint density at radius 3 is 2.62 bits per heavy atom. The van der Waals surface area contributed by atoms with Gasteiger partial charge in [-0.15, -0.1) is 0 Å². The Bertz CT molecular complexity index is 1010. The van der Waals surface area contributed by atoms with Gasteiger partial charge in [-0.3, -0.25) is 9.59 Å². The summed E-state index contributed by atoms with van der Waals surface area (Å²) in [6.45, 7) is 1.20. The van der Waals surface area contributed by atoms with Crippen LogP contribution < -0.4 is 4.74 Å². The molecule has 0 spiro atoms. The van der Waals surface area contributed by atoms with Gasteiger partial charge in [0.2, 0.25) is 5.91 Å². The number of hydrogen-bond acceptors (Lipinski definition) is 5. The molecule has 0 radical (unpaired) electrons. The van der Waals surface area contributed by atoms with Crippen molar-refractivity contribution in [2.45, 2.75) is 31.8 Å². The van der Waals surface area contributed by atoms with Gasteiger partial charge in [-0.2, -0.15) is 0 Å². The van der Waals surface area contributed by atoms with Crippen molar-refractivity contribution in [2.75, 3.05) is 13.1 Å². The Balaban J connectivity index is 1.25. The smallest absolute Gasteiger partial charge is 0.274 e. The third kappa shape index (κ3) is 4.79. The number of thiazole rings is 1. The first kappa shape index (κ1) is 19.5. The minimum Gasteiger partial charge on any atom is -0.467 e. The molecule has 1 aliphatic rings. The minimum absolute atomic E-state index is 0.00296. The maximum atomic E-state index is 13.3. The molecular weight excluding hydrogens is 391 g/mol. The highest BCUT2D eigenvalue weighted by Crippen LogP contribution is 2.30. The minimum atomic E-state index is -0.287. The summed E-state index contributed by atoms with van der Waals surface area (Å²) in [5.41, 5.74) is 1.37. The highest BCUT2D eigenvalue weighted by Gasteiger charge is 2.25. The van der Waals surface area contributed by atoms with E-state index in [0.29, 0.717) is 36.7 Å². The van der Waals surface area contributed by atoms with Crippen molar-refractivity contribution in [3.05, 3.63) is 59.9 Å². The van der Waals surface area contributed by atoms with Crippen molar-refractivity contribution in [3.63, 3.8) is 0 Å². The number of halogens is 1. The van der Waals surface area contributed by atoms with Crippen LogP contribution in [0.2, 0.25) is 0 Å². The molecule has 29 heavy (non-hydrogen) atoms. The summed E-state index contributed by atoms with van der Waals surface area (Å²) >= 11 is 1.33. The first-order valence-corrected chi connectivity index (χ1v) is 10.5. The molecule has 1 amide bonds. The van der Waals surface area contributed by atoms with Gasteiger partial charge in [-0.25, -0.2) is 9.37 Å². The van der Waals surface area contributed by atoms with E-state index in [-0.39, 0.29) is 36.5 Å². The average Bonchev–Trinajstić information content (AvgIpc) is 3.14. The zero-order valence-corrected chi connectivity index (χ0v) is 16.7. The monoisotopic (exact) mass is 412 g/mol. The van der Waals surface area contributed by atoms with Gasteiger partial charge in [-0.1, -0.05) is 41.7 Å². The SMILES string of the molecule is O=C(CCC(=O)N1CCC(Oc2nc3ccc(F)cc3s2)CC1)c1ccccc1. The highest BCUT2D eigenvalue weighted by molar-refractivity contribution is 7.20. The fourth-order valence-electron chi connectivity index (χ4n) is 3.44. The Morgan fingerprint density at radius 2 is 1.86 bits per heavy atom. The number of fused-ring (bicyclic) bond motifs is 1. The summed E-state index contributed by atoms with van der Waals surface area (Å²) in [6.07, 6.45) is 1.85. The van der Waals surface area contributed by atoms with E-state index in [1.54, 1.807) is 23.1 Å². The lowest BCUT2D eigenvalue weighted by molar-refractivity contribution is -0.132. The topological polar surface area (TPSA) is 59.5 Å². The molecule has 1 saturated heterocycles. The maximum Gasteiger partial charge on any atom is 0.274 e. The van der Waals surface area contributed by atoms with Crippen LogP contribution in [0.4, 0.5) is 4.39 Å². The quantitative estimate of drug-likeness (QED) is 0.561. The maximum absolute atomic E-state index is 13.3. The summed E-state index contributed by atoms with van der Waals surface area (Å²) in [5, 5.41) is 0.531. The number of nitrogens with zero attached hydrogens (tertiary/aromatic N) is 2. The van der Waals surface area contributed by atoms with Crippen LogP contribution in [0.5, 0.6) is 5.19 Å². The second kappa shape index (κ2) is 8.69. The molecule has 5 nitrogen and oxygen atoms in total. The number of hydrogen-bond donors (Lipinski definition) is 0. The summed E-state index contributed by atoms with van der Waals surface area (Å²) in [5.74, 6) is -0.294. The van der Waals surface area contributed by atoms with Gasteiger partial charge in [0.15, 0.2) is 5.78 Å². The van der Waals surface area contributed by atoms with Gasteiger partial charge in [0, 0.05) is 44.3 Å². The molecular formula is C22H21FN2O3S. The molecule has 0 aliphatic carbocycles. The first-order chi connectivity index (χ1) is 14.1. The molecule has 0 unspecified atom stereocenters. The van der Waals surface area contributed by atoms with E-state index < -0.39 is 0 Å². The molecule has 0 saturated carbocycles. The number of carbonyl (C=O) groups excluding carboxylic acids is 2. The van der Waals surface area contributed by atoms with Gasteiger partial charge in [0.05, 0.1) is 10.2 Å². The van der Waals surface area contributed by atoms with Crippen LogP contribution in [-0.2, 0) is 4.79 Å². The van der Waals surface area contributed by atoms with Crippen LogP contribution in [-0.4, -0.2) is 40.8 Å². The van der Waals surface area contributed by atoms with E-state index in [1.807, 2.05) is 18.2 Å². The molecule has 1 aromatic heterocycles. The summed E-state index contributed by atoms with van der Waals surface area (Å²) in [4.78, 5) is 30.8. The van der Waals surface area contributed by atoms with Gasteiger partial charge in [0.1, 0.15) is 11.9 Å². The molecule has 0 bridgehead atoms. The lowest BCUT2D eigenvalue weighted by Crippen LogP contribution is -2.41. The summed E-state index contributed by atoms with van der Waals surface area (Å²) in [7, 11) is 0. The number of ketones is 1. The third-order valence-electron chi connectivity index (χ3n) is 5.05. The molecule has 1 fully saturated rings. The predicted molar refractivity (Wildman–Crippen MR) is 110 cm³/mol. The summed E-state index contributed by atoms with van der Waals surface area (Å²) < 4.78 is 20.0. The highest BCUT2D eigenvalue weighted by atomic mass is 32.1. The predicted octanol–water partition coefficient (Wildman–Crippen LogP) is 4.47. The molecule has 2 aromatic carbocycles. The number of carbonyl (C=O) groups is 2. The van der Waals surface area contributed by atoms with Gasteiger partial charge >= 0.3 is 0 Å². The Labute approximate surface area is 172 Å². The fourth-order valence-corrected chi connectivity index (χ4v) is 4.35. The number of ether oxygens (including phenoxy) is 1.